The average molecular weight is 154 g/mol. The molecule has 0 radical (unpaired) electrons. The third kappa shape index (κ3) is 1.34. The van der Waals surface area contributed by atoms with Gasteiger partial charge in [0.15, 0.2) is 0 Å². The van der Waals surface area contributed by atoms with Crippen molar-refractivity contribution in [2.75, 3.05) is 6.61 Å². The Morgan fingerprint density at radius 3 is 2.55 bits per heavy atom. The Morgan fingerprint density at radius 2 is 2.18 bits per heavy atom. The molecule has 1 aliphatic rings. The van der Waals surface area contributed by atoms with Crippen LogP contribution in [0.3, 0.4) is 0 Å². The fourth-order valence-electron chi connectivity index (χ4n) is 1.99. The molecule has 1 unspecified atom stereocenters. The molecule has 64 valence electrons. The molecule has 1 saturated carbocycles. The summed E-state index contributed by atoms with van der Waals surface area (Å²) in [4.78, 5) is 0. The van der Waals surface area contributed by atoms with Gasteiger partial charge in [0.1, 0.15) is 0 Å². The first-order chi connectivity index (χ1) is 5.16. The first-order valence-corrected chi connectivity index (χ1v) is 4.38. The maximum absolute atomic E-state index is 8.99. The van der Waals surface area contributed by atoms with Gasteiger partial charge in [-0.15, -0.1) is 0 Å². The van der Waals surface area contributed by atoms with E-state index in [-0.39, 0.29) is 0 Å². The minimum Gasteiger partial charge on any atom is -0.396 e. The highest BCUT2D eigenvalue weighted by Gasteiger charge is 2.56. The van der Waals surface area contributed by atoms with E-state index in [1.807, 2.05) is 6.92 Å². The van der Waals surface area contributed by atoms with E-state index < -0.39 is 0 Å². The number of rotatable bonds is 3. The number of allylic oxidation sites excluding steroid dienone is 2. The molecule has 1 N–H and O–H groups in total. The second kappa shape index (κ2) is 2.98. The Hall–Kier alpha value is -0.300. The SMILES string of the molecule is C/C=C/C[C@@]1(C)C(C)[C@H]1CO. The number of aliphatic hydroxyl groups excluding tert-OH is 1. The first kappa shape index (κ1) is 8.79. The zero-order valence-corrected chi connectivity index (χ0v) is 7.67. The molecule has 1 nitrogen and oxygen atoms in total. The fourth-order valence-corrected chi connectivity index (χ4v) is 1.99. The van der Waals surface area contributed by atoms with Crippen molar-refractivity contribution in [3.05, 3.63) is 12.2 Å². The fraction of sp³-hybridized carbons (Fsp3) is 0.800. The predicted molar refractivity (Wildman–Crippen MR) is 47.3 cm³/mol. The van der Waals surface area contributed by atoms with Crippen LogP contribution in [0, 0.1) is 17.3 Å². The summed E-state index contributed by atoms with van der Waals surface area (Å²) in [6.45, 7) is 6.89. The van der Waals surface area contributed by atoms with Crippen LogP contribution in [0.4, 0.5) is 0 Å². The normalized spacial score (nSPS) is 43.3. The lowest BCUT2D eigenvalue weighted by molar-refractivity contribution is 0.252. The zero-order chi connectivity index (χ0) is 8.48. The van der Waals surface area contributed by atoms with Crippen molar-refractivity contribution in [2.45, 2.75) is 27.2 Å². The van der Waals surface area contributed by atoms with E-state index in [1.54, 1.807) is 0 Å². The summed E-state index contributed by atoms with van der Waals surface area (Å²) in [5.41, 5.74) is 0.390. The van der Waals surface area contributed by atoms with Gasteiger partial charge in [0.05, 0.1) is 0 Å². The topological polar surface area (TPSA) is 20.2 Å². The van der Waals surface area contributed by atoms with Crippen LogP contribution < -0.4 is 0 Å². The molecule has 0 spiro atoms. The van der Waals surface area contributed by atoms with E-state index in [9.17, 15) is 0 Å². The van der Waals surface area contributed by atoms with Gasteiger partial charge in [-0.2, -0.15) is 0 Å². The standard InChI is InChI=1S/C10H18O/c1-4-5-6-10(3)8(2)9(10)7-11/h4-5,8-9,11H,6-7H2,1-3H3/b5-4+/t8?,9-,10+/m1/s1. The molecule has 1 rings (SSSR count). The second-order valence-electron chi connectivity index (χ2n) is 3.86. The van der Waals surface area contributed by atoms with E-state index in [1.165, 1.54) is 0 Å². The van der Waals surface area contributed by atoms with Crippen LogP contribution in [0.1, 0.15) is 27.2 Å². The van der Waals surface area contributed by atoms with E-state index in [0.717, 1.165) is 6.42 Å². The summed E-state index contributed by atoms with van der Waals surface area (Å²) in [6.07, 6.45) is 5.41. The lowest BCUT2D eigenvalue weighted by Crippen LogP contribution is -1.99. The molecule has 3 atom stereocenters. The maximum Gasteiger partial charge on any atom is 0.0467 e. The molecule has 0 aromatic carbocycles. The van der Waals surface area contributed by atoms with Gasteiger partial charge in [-0.05, 0) is 30.6 Å². The molecule has 0 heterocycles. The van der Waals surface area contributed by atoms with Crippen molar-refractivity contribution in [1.82, 2.24) is 0 Å². The Morgan fingerprint density at radius 1 is 1.55 bits per heavy atom. The van der Waals surface area contributed by atoms with Crippen LogP contribution >= 0.6 is 0 Å². The van der Waals surface area contributed by atoms with E-state index >= 15 is 0 Å². The smallest absolute Gasteiger partial charge is 0.0467 e. The van der Waals surface area contributed by atoms with Gasteiger partial charge in [0.2, 0.25) is 0 Å². The van der Waals surface area contributed by atoms with Crippen LogP contribution in [0.25, 0.3) is 0 Å². The maximum atomic E-state index is 8.99. The van der Waals surface area contributed by atoms with Crippen LogP contribution in [0.5, 0.6) is 0 Å². The summed E-state index contributed by atoms with van der Waals surface area (Å²) in [5, 5.41) is 8.99. The number of hydrogen-bond acceptors (Lipinski definition) is 1. The van der Waals surface area contributed by atoms with Crippen LogP contribution in [0.15, 0.2) is 12.2 Å². The van der Waals surface area contributed by atoms with Gasteiger partial charge >= 0.3 is 0 Å². The molecule has 1 aliphatic carbocycles. The third-order valence-electron chi connectivity index (χ3n) is 3.37. The van der Waals surface area contributed by atoms with Gasteiger partial charge in [-0.25, -0.2) is 0 Å². The Kier molecular flexibility index (Phi) is 2.38. The zero-order valence-electron chi connectivity index (χ0n) is 7.67. The number of aliphatic hydroxyl groups is 1. The van der Waals surface area contributed by atoms with Gasteiger partial charge in [0.25, 0.3) is 0 Å². The predicted octanol–water partition coefficient (Wildman–Crippen LogP) is 2.22. The van der Waals surface area contributed by atoms with Crippen molar-refractivity contribution in [3.8, 4) is 0 Å². The van der Waals surface area contributed by atoms with Crippen molar-refractivity contribution < 1.29 is 5.11 Å². The van der Waals surface area contributed by atoms with Crippen LogP contribution in [-0.4, -0.2) is 11.7 Å². The molecular formula is C10H18O. The number of hydrogen-bond donors (Lipinski definition) is 1. The van der Waals surface area contributed by atoms with Crippen molar-refractivity contribution in [3.63, 3.8) is 0 Å². The quantitative estimate of drug-likeness (QED) is 0.618. The highest BCUT2D eigenvalue weighted by atomic mass is 16.3. The Balaban J connectivity index is 2.45. The van der Waals surface area contributed by atoms with E-state index in [2.05, 4.69) is 26.0 Å². The van der Waals surface area contributed by atoms with Gasteiger partial charge in [-0.1, -0.05) is 26.0 Å². The molecular weight excluding hydrogens is 136 g/mol. The summed E-state index contributed by atoms with van der Waals surface area (Å²) in [6, 6.07) is 0. The average Bonchev–Trinajstić information content (AvgIpc) is 2.51. The monoisotopic (exact) mass is 154 g/mol. The van der Waals surface area contributed by atoms with Crippen LogP contribution in [-0.2, 0) is 0 Å². The molecule has 0 bridgehead atoms. The molecule has 0 aromatic heterocycles. The van der Waals surface area contributed by atoms with Gasteiger partial charge < -0.3 is 5.11 Å². The minimum atomic E-state index is 0.356. The molecule has 0 saturated heterocycles. The molecule has 1 fully saturated rings. The minimum absolute atomic E-state index is 0.356. The Labute approximate surface area is 69.1 Å². The molecule has 1 heteroatoms. The lowest BCUT2D eigenvalue weighted by atomic mass is 10.0. The third-order valence-corrected chi connectivity index (χ3v) is 3.37. The summed E-state index contributed by atoms with van der Waals surface area (Å²) < 4.78 is 0. The lowest BCUT2D eigenvalue weighted by Gasteiger charge is -2.05. The molecule has 11 heavy (non-hydrogen) atoms. The molecule has 0 amide bonds. The van der Waals surface area contributed by atoms with E-state index in [4.69, 9.17) is 5.11 Å². The summed E-state index contributed by atoms with van der Waals surface area (Å²) in [7, 11) is 0. The summed E-state index contributed by atoms with van der Waals surface area (Å²) >= 11 is 0. The highest BCUT2D eigenvalue weighted by molar-refractivity contribution is 5.08. The van der Waals surface area contributed by atoms with Crippen molar-refractivity contribution in [2.24, 2.45) is 17.3 Å². The Bertz CT molecular complexity index is 162. The second-order valence-corrected chi connectivity index (χ2v) is 3.86. The van der Waals surface area contributed by atoms with E-state index in [0.29, 0.717) is 23.9 Å². The van der Waals surface area contributed by atoms with Gasteiger partial charge in [-0.3, -0.25) is 0 Å². The summed E-state index contributed by atoms with van der Waals surface area (Å²) in [5.74, 6) is 1.24. The van der Waals surface area contributed by atoms with Crippen molar-refractivity contribution in [1.29, 1.82) is 0 Å². The largest absolute Gasteiger partial charge is 0.396 e. The molecule has 0 aliphatic heterocycles. The first-order valence-electron chi connectivity index (χ1n) is 4.38. The van der Waals surface area contributed by atoms with Crippen molar-refractivity contribution >= 4 is 0 Å². The molecule has 0 aromatic rings. The van der Waals surface area contributed by atoms with Gasteiger partial charge in [0, 0.05) is 6.61 Å². The van der Waals surface area contributed by atoms with Crippen LogP contribution in [0.2, 0.25) is 0 Å². The highest BCUT2D eigenvalue weighted by Crippen LogP contribution is 2.60.